The van der Waals surface area contributed by atoms with Gasteiger partial charge in [-0.3, -0.25) is 9.79 Å². The molecule has 3 N–H and O–H groups in total. The van der Waals surface area contributed by atoms with E-state index in [9.17, 15) is 4.79 Å². The van der Waals surface area contributed by atoms with Crippen molar-refractivity contribution in [1.82, 2.24) is 16.0 Å². The lowest BCUT2D eigenvalue weighted by Crippen LogP contribution is -2.42. The molecule has 1 aromatic heterocycles. The van der Waals surface area contributed by atoms with Crippen molar-refractivity contribution >= 4 is 11.9 Å². The minimum Gasteiger partial charge on any atom is -0.459 e. The first-order chi connectivity index (χ1) is 12.3. The van der Waals surface area contributed by atoms with E-state index >= 15 is 0 Å². The average Bonchev–Trinajstić information content (AvgIpc) is 3.33. The van der Waals surface area contributed by atoms with E-state index in [4.69, 9.17) is 13.9 Å². The van der Waals surface area contributed by atoms with Gasteiger partial charge < -0.3 is 29.8 Å². The molecule has 0 aliphatic carbocycles. The molecule has 2 heterocycles. The Labute approximate surface area is 148 Å². The predicted octanol–water partition coefficient (Wildman–Crippen LogP) is 0.760. The molecule has 8 heteroatoms. The second-order valence-corrected chi connectivity index (χ2v) is 5.72. The van der Waals surface area contributed by atoms with Crippen LogP contribution in [0.1, 0.15) is 29.8 Å². The fourth-order valence-electron chi connectivity index (χ4n) is 2.44. The van der Waals surface area contributed by atoms with E-state index in [0.717, 1.165) is 32.4 Å². The van der Waals surface area contributed by atoms with E-state index in [1.165, 1.54) is 6.26 Å². The molecule has 1 aliphatic heterocycles. The highest BCUT2D eigenvalue weighted by Gasteiger charge is 2.14. The fourth-order valence-corrected chi connectivity index (χ4v) is 2.44. The van der Waals surface area contributed by atoms with Gasteiger partial charge >= 0.3 is 0 Å². The summed E-state index contributed by atoms with van der Waals surface area (Å²) in [5.41, 5.74) is 0. The van der Waals surface area contributed by atoms with Crippen molar-refractivity contribution in [3.8, 4) is 0 Å². The largest absolute Gasteiger partial charge is 0.459 e. The topological polar surface area (TPSA) is 97.1 Å². The minimum atomic E-state index is -0.224. The van der Waals surface area contributed by atoms with Gasteiger partial charge in [0.2, 0.25) is 0 Å². The summed E-state index contributed by atoms with van der Waals surface area (Å²) in [6, 6.07) is 3.31. The van der Waals surface area contributed by atoms with Crippen molar-refractivity contribution in [2.45, 2.75) is 25.4 Å². The van der Waals surface area contributed by atoms with Gasteiger partial charge in [-0.15, -0.1) is 0 Å². The van der Waals surface area contributed by atoms with E-state index in [1.807, 2.05) is 0 Å². The summed E-state index contributed by atoms with van der Waals surface area (Å²) in [5.74, 6) is 0.787. The number of carbonyl (C=O) groups is 1. The van der Waals surface area contributed by atoms with Crippen LogP contribution in [0, 0.1) is 0 Å². The normalized spacial score (nSPS) is 17.5. The Kier molecular flexibility index (Phi) is 8.85. The summed E-state index contributed by atoms with van der Waals surface area (Å²) in [7, 11) is 1.71. The smallest absolute Gasteiger partial charge is 0.287 e. The van der Waals surface area contributed by atoms with Crippen molar-refractivity contribution in [3.63, 3.8) is 0 Å². The number of rotatable bonds is 10. The Bertz CT molecular complexity index is 513. The Balaban J connectivity index is 1.45. The van der Waals surface area contributed by atoms with E-state index in [-0.39, 0.29) is 12.0 Å². The third-order valence-corrected chi connectivity index (χ3v) is 3.76. The average molecular weight is 352 g/mol. The summed E-state index contributed by atoms with van der Waals surface area (Å²) in [5, 5.41) is 9.11. The standard InChI is InChI=1S/C17H28N4O4/c1-18-17(20-7-4-10-23-13-14-5-2-11-24-14)21-9-8-19-16(22)15-6-3-12-25-15/h3,6,12,14H,2,4-5,7-11,13H2,1H3,(H,19,22)(H2,18,20,21). The van der Waals surface area contributed by atoms with Gasteiger partial charge in [0.15, 0.2) is 11.7 Å². The molecule has 1 aliphatic rings. The Morgan fingerprint density at radius 2 is 2.16 bits per heavy atom. The zero-order valence-electron chi connectivity index (χ0n) is 14.8. The van der Waals surface area contributed by atoms with E-state index < -0.39 is 0 Å². The first-order valence-corrected chi connectivity index (χ1v) is 8.75. The molecule has 25 heavy (non-hydrogen) atoms. The Hall–Kier alpha value is -2.06. The first kappa shape index (κ1) is 19.3. The lowest BCUT2D eigenvalue weighted by atomic mass is 10.2. The molecule has 140 valence electrons. The Morgan fingerprint density at radius 3 is 2.88 bits per heavy atom. The van der Waals surface area contributed by atoms with E-state index in [2.05, 4.69) is 20.9 Å². The van der Waals surface area contributed by atoms with E-state index in [0.29, 0.717) is 38.0 Å². The Morgan fingerprint density at radius 1 is 1.32 bits per heavy atom. The van der Waals surface area contributed by atoms with Crippen LogP contribution in [-0.4, -0.2) is 64.5 Å². The van der Waals surface area contributed by atoms with Crippen LogP contribution in [0.25, 0.3) is 0 Å². The highest BCUT2D eigenvalue weighted by Crippen LogP contribution is 2.11. The van der Waals surface area contributed by atoms with Crippen molar-refractivity contribution in [2.75, 3.05) is 46.5 Å². The predicted molar refractivity (Wildman–Crippen MR) is 94.8 cm³/mol. The maximum absolute atomic E-state index is 11.7. The van der Waals surface area contributed by atoms with Crippen LogP contribution in [0.4, 0.5) is 0 Å². The van der Waals surface area contributed by atoms with Gasteiger partial charge in [0.05, 0.1) is 19.0 Å². The second kappa shape index (κ2) is 11.5. The van der Waals surface area contributed by atoms with E-state index in [1.54, 1.807) is 19.2 Å². The van der Waals surface area contributed by atoms with Gasteiger partial charge in [-0.2, -0.15) is 0 Å². The number of aliphatic imine (C=N–C) groups is 1. The molecule has 0 bridgehead atoms. The molecule has 1 unspecified atom stereocenters. The molecule has 1 aromatic rings. The van der Waals surface area contributed by atoms with Gasteiger partial charge in [0, 0.05) is 39.9 Å². The molecule has 1 fully saturated rings. The van der Waals surface area contributed by atoms with Crippen LogP contribution in [0.2, 0.25) is 0 Å². The van der Waals surface area contributed by atoms with Crippen molar-refractivity contribution < 1.29 is 18.7 Å². The molecular formula is C17H28N4O4. The zero-order valence-corrected chi connectivity index (χ0v) is 14.8. The fraction of sp³-hybridized carbons (Fsp3) is 0.647. The highest BCUT2D eigenvalue weighted by molar-refractivity contribution is 5.91. The zero-order chi connectivity index (χ0) is 17.7. The van der Waals surface area contributed by atoms with Gasteiger partial charge in [0.25, 0.3) is 5.91 Å². The number of hydrogen-bond acceptors (Lipinski definition) is 5. The van der Waals surface area contributed by atoms with Crippen LogP contribution in [0.5, 0.6) is 0 Å². The van der Waals surface area contributed by atoms with Crippen LogP contribution in [0.15, 0.2) is 27.8 Å². The number of hydrogen-bond donors (Lipinski definition) is 3. The molecule has 2 rings (SSSR count). The quantitative estimate of drug-likeness (QED) is 0.327. The summed E-state index contributed by atoms with van der Waals surface area (Å²) in [4.78, 5) is 15.8. The number of ether oxygens (including phenoxy) is 2. The minimum absolute atomic E-state index is 0.224. The summed E-state index contributed by atoms with van der Waals surface area (Å²) >= 11 is 0. The first-order valence-electron chi connectivity index (χ1n) is 8.75. The van der Waals surface area contributed by atoms with Crippen LogP contribution in [0.3, 0.4) is 0 Å². The lowest BCUT2D eigenvalue weighted by molar-refractivity contribution is 0.0168. The lowest BCUT2D eigenvalue weighted by Gasteiger charge is -2.13. The molecule has 0 spiro atoms. The van der Waals surface area contributed by atoms with Crippen molar-refractivity contribution in [1.29, 1.82) is 0 Å². The number of nitrogens with zero attached hydrogens (tertiary/aromatic N) is 1. The monoisotopic (exact) mass is 352 g/mol. The van der Waals surface area contributed by atoms with Gasteiger partial charge in [0.1, 0.15) is 0 Å². The molecule has 1 atom stereocenters. The maximum Gasteiger partial charge on any atom is 0.287 e. The van der Waals surface area contributed by atoms with Crippen LogP contribution >= 0.6 is 0 Å². The van der Waals surface area contributed by atoms with Crippen LogP contribution < -0.4 is 16.0 Å². The summed E-state index contributed by atoms with van der Waals surface area (Å²) in [6.45, 7) is 4.06. The summed E-state index contributed by atoms with van der Waals surface area (Å²) < 4.78 is 16.1. The number of furan rings is 1. The maximum atomic E-state index is 11.7. The van der Waals surface area contributed by atoms with Gasteiger partial charge in [-0.25, -0.2) is 0 Å². The number of guanidine groups is 1. The van der Waals surface area contributed by atoms with Gasteiger partial charge in [-0.1, -0.05) is 0 Å². The number of nitrogens with one attached hydrogen (secondary N) is 3. The third kappa shape index (κ3) is 7.57. The molecule has 0 saturated carbocycles. The molecule has 1 amide bonds. The molecule has 0 radical (unpaired) electrons. The van der Waals surface area contributed by atoms with Crippen LogP contribution in [-0.2, 0) is 9.47 Å². The second-order valence-electron chi connectivity index (χ2n) is 5.72. The molecule has 1 saturated heterocycles. The molecular weight excluding hydrogens is 324 g/mol. The van der Waals surface area contributed by atoms with Crippen molar-refractivity contribution in [3.05, 3.63) is 24.2 Å². The number of carbonyl (C=O) groups excluding carboxylic acids is 1. The molecule has 8 nitrogen and oxygen atoms in total. The summed E-state index contributed by atoms with van der Waals surface area (Å²) in [6.07, 6.45) is 4.88. The highest BCUT2D eigenvalue weighted by atomic mass is 16.5. The third-order valence-electron chi connectivity index (χ3n) is 3.76. The van der Waals surface area contributed by atoms with Crippen molar-refractivity contribution in [2.24, 2.45) is 4.99 Å². The SMILES string of the molecule is CN=C(NCCCOCC1CCCO1)NCCNC(=O)c1ccco1. The van der Waals surface area contributed by atoms with Gasteiger partial charge in [-0.05, 0) is 31.4 Å². The molecule has 0 aromatic carbocycles. The number of amides is 1.